The molecule has 4 rings (SSSR count). The lowest BCUT2D eigenvalue weighted by Gasteiger charge is -2.12. The van der Waals surface area contributed by atoms with Crippen LogP contribution >= 0.6 is 34.8 Å². The van der Waals surface area contributed by atoms with Crippen LogP contribution in [0.5, 0.6) is 0 Å². The van der Waals surface area contributed by atoms with Crippen LogP contribution in [0.25, 0.3) is 28.0 Å². The number of rotatable bonds is 4. The Bertz CT molecular complexity index is 1460. The van der Waals surface area contributed by atoms with Crippen molar-refractivity contribution in [1.29, 1.82) is 5.26 Å². The minimum absolute atomic E-state index is 0.156. The van der Waals surface area contributed by atoms with Crippen molar-refractivity contribution in [2.75, 3.05) is 6.54 Å². The zero-order chi connectivity index (χ0) is 24.6. The maximum Gasteiger partial charge on any atom is 0.434 e. The molecule has 0 radical (unpaired) electrons. The van der Waals surface area contributed by atoms with Gasteiger partial charge in [-0.25, -0.2) is 9.67 Å². The second-order valence-electron chi connectivity index (χ2n) is 6.96. The minimum atomic E-state index is -4.95. The maximum absolute atomic E-state index is 13.8. The maximum atomic E-state index is 13.8. The number of benzene rings is 2. The molecule has 2 heterocycles. The second kappa shape index (κ2) is 9.14. The Morgan fingerprint density at radius 3 is 2.35 bits per heavy atom. The number of carbonyl (C=O) groups is 1. The van der Waals surface area contributed by atoms with Crippen molar-refractivity contribution in [2.45, 2.75) is 6.18 Å². The third kappa shape index (κ3) is 4.53. The number of hydrogen-bond acceptors (Lipinski definition) is 4. The van der Waals surface area contributed by atoms with Crippen molar-refractivity contribution in [3.05, 3.63) is 74.9 Å². The van der Waals surface area contributed by atoms with E-state index in [1.54, 1.807) is 42.5 Å². The molecule has 2 aromatic carbocycles. The quantitative estimate of drug-likeness (QED) is 0.317. The molecule has 1 amide bonds. The van der Waals surface area contributed by atoms with Crippen LogP contribution in [0.4, 0.5) is 13.2 Å². The topological polar surface area (TPSA) is 83.6 Å². The van der Waals surface area contributed by atoms with Gasteiger partial charge in [-0.1, -0.05) is 46.9 Å². The number of hydrogen-bond donors (Lipinski definition) is 1. The highest BCUT2D eigenvalue weighted by atomic mass is 35.5. The van der Waals surface area contributed by atoms with E-state index in [1.807, 2.05) is 0 Å². The molecular weight excluding hydrogens is 514 g/mol. The first-order valence-electron chi connectivity index (χ1n) is 9.47. The molecule has 0 saturated carbocycles. The summed E-state index contributed by atoms with van der Waals surface area (Å²) in [7, 11) is 0. The van der Waals surface area contributed by atoms with E-state index in [0.29, 0.717) is 27.0 Å². The van der Waals surface area contributed by atoms with Gasteiger partial charge in [-0.3, -0.25) is 4.79 Å². The Balaban J connectivity index is 2.08. The molecule has 0 spiro atoms. The first-order valence-corrected chi connectivity index (χ1v) is 10.6. The van der Waals surface area contributed by atoms with Crippen molar-refractivity contribution in [3.63, 3.8) is 0 Å². The lowest BCUT2D eigenvalue weighted by Crippen LogP contribution is -2.27. The van der Waals surface area contributed by atoms with E-state index in [0.717, 1.165) is 6.07 Å². The average Bonchev–Trinajstić information content (AvgIpc) is 3.14. The summed E-state index contributed by atoms with van der Waals surface area (Å²) in [6.07, 6.45) is -4.95. The molecule has 172 valence electrons. The zero-order valence-electron chi connectivity index (χ0n) is 16.8. The van der Waals surface area contributed by atoms with E-state index < -0.39 is 29.9 Å². The Hall–Kier alpha value is -3.32. The Morgan fingerprint density at radius 1 is 1.06 bits per heavy atom. The van der Waals surface area contributed by atoms with E-state index in [4.69, 9.17) is 40.1 Å². The van der Waals surface area contributed by atoms with E-state index in [2.05, 4.69) is 15.4 Å². The normalized spacial score (nSPS) is 11.4. The highest BCUT2D eigenvalue weighted by Crippen LogP contribution is 2.38. The summed E-state index contributed by atoms with van der Waals surface area (Å²) in [6.45, 7) is -0.474. The van der Waals surface area contributed by atoms with Gasteiger partial charge in [-0.05, 0) is 36.4 Å². The number of pyridine rings is 1. The molecule has 0 saturated heterocycles. The lowest BCUT2D eigenvalue weighted by atomic mass is 10.0. The number of fused-ring (bicyclic) bond motifs is 1. The van der Waals surface area contributed by atoms with E-state index in [1.165, 1.54) is 10.7 Å². The number of carbonyl (C=O) groups excluding carboxylic acids is 1. The summed E-state index contributed by atoms with van der Waals surface area (Å²) < 4.78 is 42.6. The van der Waals surface area contributed by atoms with Crippen LogP contribution in [-0.2, 0) is 6.18 Å². The number of nitriles is 1. The SMILES string of the molecule is N#CCNC(=O)c1cc2c(-c3ccc(Cl)cc3)n(-c3ccc(Cl)cc3Cl)nc2nc1C(F)(F)F. The van der Waals surface area contributed by atoms with E-state index in [9.17, 15) is 18.0 Å². The molecule has 0 atom stereocenters. The summed E-state index contributed by atoms with van der Waals surface area (Å²) in [5, 5.41) is 16.2. The highest BCUT2D eigenvalue weighted by molar-refractivity contribution is 6.35. The van der Waals surface area contributed by atoms with Crippen LogP contribution in [-0.4, -0.2) is 27.2 Å². The molecule has 0 unspecified atom stereocenters. The van der Waals surface area contributed by atoms with Gasteiger partial charge in [0.1, 0.15) is 6.54 Å². The smallest absolute Gasteiger partial charge is 0.339 e. The minimum Gasteiger partial charge on any atom is -0.339 e. The van der Waals surface area contributed by atoms with Crippen LogP contribution in [0.15, 0.2) is 48.5 Å². The van der Waals surface area contributed by atoms with E-state index >= 15 is 0 Å². The van der Waals surface area contributed by atoms with Crippen LogP contribution in [0, 0.1) is 11.3 Å². The van der Waals surface area contributed by atoms with Crippen LogP contribution < -0.4 is 5.32 Å². The molecule has 0 aliphatic heterocycles. The standard InChI is InChI=1S/C22H11Cl3F3N5O/c23-12-3-1-11(2-4-12)18-14-10-15(21(34)30-8-7-29)19(22(26,27)28)31-20(14)32-33(18)17-6-5-13(24)9-16(17)25/h1-6,9-10H,8H2,(H,30,34). The van der Waals surface area contributed by atoms with Crippen molar-refractivity contribution < 1.29 is 18.0 Å². The van der Waals surface area contributed by atoms with Gasteiger partial charge < -0.3 is 5.32 Å². The second-order valence-corrected chi connectivity index (χ2v) is 8.24. The molecule has 12 heteroatoms. The summed E-state index contributed by atoms with van der Waals surface area (Å²) >= 11 is 18.4. The van der Waals surface area contributed by atoms with Gasteiger partial charge in [0.2, 0.25) is 0 Å². The predicted octanol–water partition coefficient (Wildman–Crippen LogP) is 6.32. The molecular formula is C22H11Cl3F3N5O. The third-order valence-electron chi connectivity index (χ3n) is 4.76. The van der Waals surface area contributed by atoms with E-state index in [-0.39, 0.29) is 16.1 Å². The van der Waals surface area contributed by atoms with Gasteiger partial charge >= 0.3 is 6.18 Å². The summed E-state index contributed by atoms with van der Waals surface area (Å²) in [5.41, 5.74) is -1.25. The molecule has 4 aromatic rings. The van der Waals surface area contributed by atoms with Crippen LogP contribution in [0.1, 0.15) is 16.1 Å². The number of nitrogens with zero attached hydrogens (tertiary/aromatic N) is 4. The van der Waals surface area contributed by atoms with Crippen molar-refractivity contribution >= 4 is 51.7 Å². The molecule has 6 nitrogen and oxygen atoms in total. The average molecular weight is 525 g/mol. The van der Waals surface area contributed by atoms with Crippen molar-refractivity contribution in [3.8, 4) is 23.0 Å². The number of amides is 1. The van der Waals surface area contributed by atoms with Gasteiger partial charge in [-0.2, -0.15) is 18.4 Å². The van der Waals surface area contributed by atoms with Crippen LogP contribution in [0.3, 0.4) is 0 Å². The first-order chi connectivity index (χ1) is 16.1. The molecule has 1 N–H and O–H groups in total. The highest BCUT2D eigenvalue weighted by Gasteiger charge is 2.38. The molecule has 0 fully saturated rings. The van der Waals surface area contributed by atoms with Gasteiger partial charge in [-0.15, -0.1) is 5.10 Å². The predicted molar refractivity (Wildman–Crippen MR) is 122 cm³/mol. The van der Waals surface area contributed by atoms with Gasteiger partial charge in [0.05, 0.1) is 28.0 Å². The Labute approximate surface area is 205 Å². The fraction of sp³-hybridized carbons (Fsp3) is 0.0909. The largest absolute Gasteiger partial charge is 0.434 e. The van der Waals surface area contributed by atoms with Gasteiger partial charge in [0, 0.05) is 21.0 Å². The molecule has 0 aliphatic rings. The molecule has 2 aromatic heterocycles. The van der Waals surface area contributed by atoms with Crippen molar-refractivity contribution in [1.82, 2.24) is 20.1 Å². The fourth-order valence-corrected chi connectivity index (χ4v) is 3.94. The Morgan fingerprint density at radius 2 is 1.74 bits per heavy atom. The Kier molecular flexibility index (Phi) is 6.41. The van der Waals surface area contributed by atoms with Gasteiger partial charge in [0.25, 0.3) is 5.91 Å². The van der Waals surface area contributed by atoms with Crippen LogP contribution in [0.2, 0.25) is 15.1 Å². The number of aromatic nitrogens is 3. The fourth-order valence-electron chi connectivity index (χ4n) is 3.33. The zero-order valence-corrected chi connectivity index (χ0v) is 19.1. The summed E-state index contributed by atoms with van der Waals surface area (Å²) in [6, 6.07) is 13.8. The summed E-state index contributed by atoms with van der Waals surface area (Å²) in [5.74, 6) is -1.09. The molecule has 34 heavy (non-hydrogen) atoms. The number of nitrogens with one attached hydrogen (secondary N) is 1. The molecule has 0 aliphatic carbocycles. The van der Waals surface area contributed by atoms with Gasteiger partial charge in [0.15, 0.2) is 11.3 Å². The number of halogens is 6. The lowest BCUT2D eigenvalue weighted by molar-refractivity contribution is -0.141. The van der Waals surface area contributed by atoms with Crippen molar-refractivity contribution in [2.24, 2.45) is 0 Å². The first kappa shape index (κ1) is 23.8. The third-order valence-corrected chi connectivity index (χ3v) is 5.55. The monoisotopic (exact) mass is 523 g/mol. The number of alkyl halides is 3. The molecule has 0 bridgehead atoms. The summed E-state index contributed by atoms with van der Waals surface area (Å²) in [4.78, 5) is 16.2.